The molecule has 0 fully saturated rings. The van der Waals surface area contributed by atoms with Crippen molar-refractivity contribution in [2.75, 3.05) is 26.2 Å². The molecule has 3 N–H and O–H groups in total. The number of hydrogen-bond acceptors (Lipinski definition) is 6. The fourth-order valence-corrected chi connectivity index (χ4v) is 4.84. The lowest BCUT2D eigenvalue weighted by molar-refractivity contribution is 0.0608. The van der Waals surface area contributed by atoms with Crippen molar-refractivity contribution in [3.05, 3.63) is 82.0 Å². The zero-order chi connectivity index (χ0) is 25.1. The lowest BCUT2D eigenvalue weighted by Gasteiger charge is -2.27. The lowest BCUT2D eigenvalue weighted by atomic mass is 9.90. The van der Waals surface area contributed by atoms with Gasteiger partial charge in [-0.2, -0.15) is 0 Å². The van der Waals surface area contributed by atoms with Crippen molar-refractivity contribution in [1.82, 2.24) is 10.2 Å². The molecule has 0 bridgehead atoms. The van der Waals surface area contributed by atoms with E-state index in [9.17, 15) is 14.4 Å². The van der Waals surface area contributed by atoms with Crippen LogP contribution in [0.3, 0.4) is 0 Å². The van der Waals surface area contributed by atoms with Gasteiger partial charge in [-0.3, -0.25) is 19.3 Å². The van der Waals surface area contributed by atoms with E-state index in [4.69, 9.17) is 10.2 Å². The van der Waals surface area contributed by atoms with Gasteiger partial charge in [0, 0.05) is 34.7 Å². The number of carbonyl (C=O) groups is 2. The van der Waals surface area contributed by atoms with Crippen LogP contribution in [0.2, 0.25) is 0 Å². The number of benzene rings is 3. The maximum Gasteiger partial charge on any atom is 0.261 e. The number of para-hydroxylation sites is 1. The van der Waals surface area contributed by atoms with E-state index in [0.717, 1.165) is 38.8 Å². The Morgan fingerprint density at radius 3 is 2.16 bits per heavy atom. The van der Waals surface area contributed by atoms with Crippen molar-refractivity contribution >= 4 is 58.4 Å². The number of rotatable bonds is 10. The third-order valence-electron chi connectivity index (χ3n) is 6.68. The standard InChI is InChI=1S/C29H29N3O4.2ClH/c30-14-3-4-15-31-16-5-6-17-32-28(34)22-10-7-9-20-19(12-13-23(27(20)22)29(32)35)26-18-24(33)21-8-1-2-11-25(21)36-26;;/h1-2,7-13,18,31H,3-6,14-17,30H2;2*1H. The van der Waals surface area contributed by atoms with Crippen LogP contribution in [0.5, 0.6) is 0 Å². The van der Waals surface area contributed by atoms with Gasteiger partial charge in [0.2, 0.25) is 0 Å². The van der Waals surface area contributed by atoms with Crippen LogP contribution in [0, 0.1) is 0 Å². The number of hydrogen-bond donors (Lipinski definition) is 2. The van der Waals surface area contributed by atoms with E-state index in [1.54, 1.807) is 42.5 Å². The predicted octanol–water partition coefficient (Wildman–Crippen LogP) is 5.16. The monoisotopic (exact) mass is 555 g/mol. The summed E-state index contributed by atoms with van der Waals surface area (Å²) >= 11 is 0. The molecule has 0 saturated heterocycles. The van der Waals surface area contributed by atoms with Gasteiger partial charge in [0.15, 0.2) is 5.43 Å². The second-order valence-corrected chi connectivity index (χ2v) is 9.07. The van der Waals surface area contributed by atoms with Gasteiger partial charge < -0.3 is 15.5 Å². The van der Waals surface area contributed by atoms with Crippen LogP contribution in [0.25, 0.3) is 33.1 Å². The normalized spacial score (nSPS) is 12.5. The number of carbonyl (C=O) groups excluding carboxylic acids is 2. The summed E-state index contributed by atoms with van der Waals surface area (Å²) in [5, 5.41) is 5.21. The summed E-state index contributed by atoms with van der Waals surface area (Å²) < 4.78 is 6.06. The third kappa shape index (κ3) is 5.61. The largest absolute Gasteiger partial charge is 0.456 e. The van der Waals surface area contributed by atoms with Gasteiger partial charge in [0.1, 0.15) is 11.3 Å². The molecule has 200 valence electrons. The highest BCUT2D eigenvalue weighted by Gasteiger charge is 2.33. The Balaban J connectivity index is 0.00000200. The van der Waals surface area contributed by atoms with Crippen LogP contribution in [0.4, 0.5) is 0 Å². The number of unbranched alkanes of at least 4 members (excludes halogenated alkanes) is 2. The molecular weight excluding hydrogens is 525 g/mol. The van der Waals surface area contributed by atoms with Crippen molar-refractivity contribution in [3.63, 3.8) is 0 Å². The Hall–Kier alpha value is -3.23. The molecule has 0 spiro atoms. The molecule has 0 atom stereocenters. The number of nitrogens with zero attached hydrogens (tertiary/aromatic N) is 1. The summed E-state index contributed by atoms with van der Waals surface area (Å²) in [6, 6.07) is 17.5. The number of amides is 2. The minimum Gasteiger partial charge on any atom is -0.456 e. The molecule has 9 heteroatoms. The van der Waals surface area contributed by atoms with Crippen LogP contribution in [-0.2, 0) is 0 Å². The van der Waals surface area contributed by atoms with Crippen LogP contribution in [0.1, 0.15) is 46.4 Å². The number of imide groups is 1. The molecule has 5 rings (SSSR count). The maximum atomic E-state index is 13.3. The molecule has 2 amide bonds. The number of nitrogens with one attached hydrogen (secondary N) is 1. The molecule has 3 aromatic carbocycles. The van der Waals surface area contributed by atoms with Gasteiger partial charge in [-0.1, -0.05) is 24.3 Å². The van der Waals surface area contributed by atoms with Crippen LogP contribution < -0.4 is 16.5 Å². The van der Waals surface area contributed by atoms with E-state index in [1.807, 2.05) is 12.1 Å². The first-order chi connectivity index (χ1) is 17.6. The van der Waals surface area contributed by atoms with Gasteiger partial charge in [-0.15, -0.1) is 24.8 Å². The second-order valence-electron chi connectivity index (χ2n) is 9.07. The summed E-state index contributed by atoms with van der Waals surface area (Å²) in [5.74, 6) is -0.166. The molecule has 1 aliphatic heterocycles. The Kier molecular flexibility index (Phi) is 10.1. The first-order valence-electron chi connectivity index (χ1n) is 12.5. The Morgan fingerprint density at radius 1 is 0.737 bits per heavy atom. The molecule has 38 heavy (non-hydrogen) atoms. The van der Waals surface area contributed by atoms with E-state index < -0.39 is 0 Å². The average Bonchev–Trinajstić information content (AvgIpc) is 2.90. The molecule has 0 unspecified atom stereocenters. The highest BCUT2D eigenvalue weighted by Crippen LogP contribution is 2.36. The number of fused-ring (bicyclic) bond motifs is 1. The predicted molar refractivity (Wildman–Crippen MR) is 156 cm³/mol. The summed E-state index contributed by atoms with van der Waals surface area (Å²) in [4.78, 5) is 40.7. The van der Waals surface area contributed by atoms with E-state index in [2.05, 4.69) is 5.32 Å². The molecule has 0 aliphatic carbocycles. The quantitative estimate of drug-likeness (QED) is 0.207. The topological polar surface area (TPSA) is 106 Å². The summed E-state index contributed by atoms with van der Waals surface area (Å²) in [7, 11) is 0. The molecule has 7 nitrogen and oxygen atoms in total. The Labute approximate surface area is 233 Å². The SMILES string of the molecule is Cl.Cl.NCCCCNCCCCN1C(=O)c2cccc3c(-c4cc(=O)c5ccccc5o4)ccc(c23)C1=O. The molecule has 0 saturated carbocycles. The first kappa shape index (κ1) is 29.3. The maximum absolute atomic E-state index is 13.3. The summed E-state index contributed by atoms with van der Waals surface area (Å²) in [6.45, 7) is 2.84. The minimum absolute atomic E-state index is 0. The second kappa shape index (κ2) is 13.0. The molecule has 1 aromatic heterocycles. The molecule has 1 aliphatic rings. The first-order valence-corrected chi connectivity index (χ1v) is 12.5. The molecule has 0 radical (unpaired) electrons. The van der Waals surface area contributed by atoms with Crippen LogP contribution in [-0.4, -0.2) is 42.9 Å². The van der Waals surface area contributed by atoms with Gasteiger partial charge in [-0.25, -0.2) is 0 Å². The highest BCUT2D eigenvalue weighted by molar-refractivity contribution is 6.26. The van der Waals surface area contributed by atoms with Gasteiger partial charge in [0.25, 0.3) is 11.8 Å². The highest BCUT2D eigenvalue weighted by atomic mass is 35.5. The van der Waals surface area contributed by atoms with Gasteiger partial charge >= 0.3 is 0 Å². The third-order valence-corrected chi connectivity index (χ3v) is 6.68. The molecule has 2 heterocycles. The van der Waals surface area contributed by atoms with Crippen LogP contribution >= 0.6 is 24.8 Å². The zero-order valence-electron chi connectivity index (χ0n) is 20.9. The lowest BCUT2D eigenvalue weighted by Crippen LogP contribution is -2.41. The molecular formula is C29H31Cl2N3O4. The van der Waals surface area contributed by atoms with E-state index in [1.165, 1.54) is 11.0 Å². The van der Waals surface area contributed by atoms with E-state index in [-0.39, 0.29) is 42.1 Å². The van der Waals surface area contributed by atoms with Crippen molar-refractivity contribution in [2.45, 2.75) is 25.7 Å². The Morgan fingerprint density at radius 2 is 1.39 bits per heavy atom. The Bertz CT molecular complexity index is 1500. The smallest absolute Gasteiger partial charge is 0.261 e. The van der Waals surface area contributed by atoms with Crippen molar-refractivity contribution < 1.29 is 14.0 Å². The zero-order valence-corrected chi connectivity index (χ0v) is 22.5. The van der Waals surface area contributed by atoms with E-state index >= 15 is 0 Å². The summed E-state index contributed by atoms with van der Waals surface area (Å²) in [6.07, 6.45) is 3.65. The minimum atomic E-state index is -0.286. The fourth-order valence-electron chi connectivity index (χ4n) is 4.84. The van der Waals surface area contributed by atoms with Crippen molar-refractivity contribution in [3.8, 4) is 11.3 Å². The average molecular weight is 556 g/mol. The fraction of sp³-hybridized carbons (Fsp3) is 0.276. The number of nitrogens with two attached hydrogens (primary N) is 1. The van der Waals surface area contributed by atoms with Crippen LogP contribution in [0.15, 0.2) is 69.9 Å². The molecule has 4 aromatic rings. The van der Waals surface area contributed by atoms with Gasteiger partial charge in [-0.05, 0) is 81.0 Å². The summed E-state index contributed by atoms with van der Waals surface area (Å²) in [5.41, 5.74) is 7.52. The van der Waals surface area contributed by atoms with Crippen molar-refractivity contribution in [2.24, 2.45) is 5.73 Å². The number of halogens is 2. The van der Waals surface area contributed by atoms with E-state index in [0.29, 0.717) is 57.3 Å². The van der Waals surface area contributed by atoms with Crippen molar-refractivity contribution in [1.29, 1.82) is 0 Å². The van der Waals surface area contributed by atoms with Gasteiger partial charge in [0.05, 0.1) is 5.39 Å².